The molecule has 0 spiro atoms. The maximum atomic E-state index is 10.9. The molecule has 0 aliphatic heterocycles. The Kier molecular flexibility index (Phi) is 3.50. The van der Waals surface area contributed by atoms with Gasteiger partial charge in [-0.25, -0.2) is 9.97 Å². The van der Waals surface area contributed by atoms with Gasteiger partial charge in [-0.15, -0.1) is 0 Å². The van der Waals surface area contributed by atoms with E-state index in [1.165, 1.54) is 24.5 Å². The molecule has 2 rings (SSSR count). The van der Waals surface area contributed by atoms with Crippen molar-refractivity contribution in [3.05, 3.63) is 52.0 Å². The van der Waals surface area contributed by atoms with Gasteiger partial charge in [-0.3, -0.25) is 10.1 Å². The number of rotatable bonds is 3. The second-order valence-electron chi connectivity index (χ2n) is 3.48. The van der Waals surface area contributed by atoms with E-state index in [-0.39, 0.29) is 22.9 Å². The number of aromatic nitrogens is 2. The number of nitrogens with zero attached hydrogens (tertiary/aromatic N) is 5. The van der Waals surface area contributed by atoms with Crippen molar-refractivity contribution < 1.29 is 9.66 Å². The van der Waals surface area contributed by atoms with Gasteiger partial charge in [-0.1, -0.05) is 0 Å². The minimum atomic E-state index is -0.682. The molecule has 96 valence electrons. The minimum absolute atomic E-state index is 0.0915. The number of nitro groups is 1. The van der Waals surface area contributed by atoms with Crippen LogP contribution >= 0.6 is 0 Å². The summed E-state index contributed by atoms with van der Waals surface area (Å²) in [6.07, 6.45) is 2.60. The maximum Gasteiger partial charge on any atom is 0.312 e. The fourth-order valence-electron chi connectivity index (χ4n) is 1.40. The van der Waals surface area contributed by atoms with Crippen LogP contribution in [0.5, 0.6) is 11.6 Å². The van der Waals surface area contributed by atoms with Gasteiger partial charge in [0.2, 0.25) is 11.4 Å². The van der Waals surface area contributed by atoms with Crippen molar-refractivity contribution in [1.82, 2.24) is 9.97 Å². The summed E-state index contributed by atoms with van der Waals surface area (Å²) < 4.78 is 5.25. The standard InChI is InChI=1S/C12H5N5O3/c13-6-8-1-2-11(10(5-8)17(18)19)20-12-9(7-14)15-3-4-16-12/h1-5H. The Morgan fingerprint density at radius 3 is 2.60 bits per heavy atom. The van der Waals surface area contributed by atoms with Crippen LogP contribution in [0.2, 0.25) is 0 Å². The van der Waals surface area contributed by atoms with Crippen LogP contribution in [0.1, 0.15) is 11.3 Å². The fraction of sp³-hybridized carbons (Fsp3) is 0. The summed E-state index contributed by atoms with van der Waals surface area (Å²) in [7, 11) is 0. The van der Waals surface area contributed by atoms with Crippen LogP contribution in [0.15, 0.2) is 30.6 Å². The molecule has 0 saturated heterocycles. The van der Waals surface area contributed by atoms with Crippen LogP contribution in [-0.2, 0) is 0 Å². The second kappa shape index (κ2) is 5.42. The first-order valence-electron chi connectivity index (χ1n) is 5.23. The fourth-order valence-corrected chi connectivity index (χ4v) is 1.40. The normalized spacial score (nSPS) is 9.30. The Hall–Kier alpha value is -3.52. The van der Waals surface area contributed by atoms with Crippen molar-refractivity contribution in [3.8, 4) is 23.8 Å². The number of hydrogen-bond acceptors (Lipinski definition) is 7. The zero-order valence-corrected chi connectivity index (χ0v) is 9.85. The summed E-state index contributed by atoms with van der Waals surface area (Å²) in [5.74, 6) is -0.256. The van der Waals surface area contributed by atoms with Gasteiger partial charge < -0.3 is 4.74 Å². The number of ether oxygens (including phenoxy) is 1. The van der Waals surface area contributed by atoms with Crippen molar-refractivity contribution >= 4 is 5.69 Å². The minimum Gasteiger partial charge on any atom is -0.429 e. The Morgan fingerprint density at radius 1 is 1.20 bits per heavy atom. The monoisotopic (exact) mass is 267 g/mol. The summed E-state index contributed by atoms with van der Waals surface area (Å²) in [5, 5.41) is 28.5. The predicted octanol–water partition coefficient (Wildman–Crippen LogP) is 1.92. The van der Waals surface area contributed by atoms with E-state index in [9.17, 15) is 10.1 Å². The van der Waals surface area contributed by atoms with Crippen molar-refractivity contribution in [1.29, 1.82) is 10.5 Å². The van der Waals surface area contributed by atoms with Crippen molar-refractivity contribution in [3.63, 3.8) is 0 Å². The topological polar surface area (TPSA) is 126 Å². The lowest BCUT2D eigenvalue weighted by molar-refractivity contribution is -0.385. The van der Waals surface area contributed by atoms with Crippen LogP contribution in [0.3, 0.4) is 0 Å². The average Bonchev–Trinajstić information content (AvgIpc) is 2.48. The molecule has 0 N–H and O–H groups in total. The summed E-state index contributed by atoms with van der Waals surface area (Å²) in [4.78, 5) is 17.8. The lowest BCUT2D eigenvalue weighted by Gasteiger charge is -2.05. The number of hydrogen-bond donors (Lipinski definition) is 0. The van der Waals surface area contributed by atoms with E-state index in [4.69, 9.17) is 15.3 Å². The molecule has 1 heterocycles. The van der Waals surface area contributed by atoms with E-state index in [1.807, 2.05) is 0 Å². The van der Waals surface area contributed by atoms with Crippen LogP contribution < -0.4 is 4.74 Å². The number of nitriles is 2. The molecule has 8 heteroatoms. The van der Waals surface area contributed by atoms with Gasteiger partial charge in [0.25, 0.3) is 5.88 Å². The van der Waals surface area contributed by atoms with E-state index in [0.29, 0.717) is 0 Å². The van der Waals surface area contributed by atoms with Crippen molar-refractivity contribution in [2.45, 2.75) is 0 Å². The summed E-state index contributed by atoms with van der Waals surface area (Å²) in [5.41, 5.74) is -0.353. The van der Waals surface area contributed by atoms with Gasteiger partial charge in [0.15, 0.2) is 0 Å². The Balaban J connectivity index is 2.47. The van der Waals surface area contributed by atoms with Gasteiger partial charge in [0.1, 0.15) is 6.07 Å². The third kappa shape index (κ3) is 2.49. The average molecular weight is 267 g/mol. The Labute approximate surface area is 112 Å². The maximum absolute atomic E-state index is 10.9. The van der Waals surface area contributed by atoms with E-state index >= 15 is 0 Å². The molecule has 0 aliphatic carbocycles. The number of benzene rings is 1. The highest BCUT2D eigenvalue weighted by Crippen LogP contribution is 2.31. The van der Waals surface area contributed by atoms with E-state index in [1.54, 1.807) is 12.1 Å². The largest absolute Gasteiger partial charge is 0.429 e. The molecule has 0 radical (unpaired) electrons. The molecule has 0 unspecified atom stereocenters. The quantitative estimate of drug-likeness (QED) is 0.614. The zero-order chi connectivity index (χ0) is 14.5. The van der Waals surface area contributed by atoms with Gasteiger partial charge in [-0.2, -0.15) is 10.5 Å². The van der Waals surface area contributed by atoms with Gasteiger partial charge in [-0.05, 0) is 12.1 Å². The van der Waals surface area contributed by atoms with Crippen LogP contribution in [0.25, 0.3) is 0 Å². The smallest absolute Gasteiger partial charge is 0.312 e. The van der Waals surface area contributed by atoms with Crippen LogP contribution in [-0.4, -0.2) is 14.9 Å². The van der Waals surface area contributed by atoms with Crippen LogP contribution in [0, 0.1) is 32.8 Å². The molecule has 0 saturated carbocycles. The molecular formula is C12H5N5O3. The molecule has 0 amide bonds. The summed E-state index contributed by atoms with van der Waals surface area (Å²) >= 11 is 0. The van der Waals surface area contributed by atoms with E-state index in [2.05, 4.69) is 9.97 Å². The molecule has 1 aromatic heterocycles. The van der Waals surface area contributed by atoms with Crippen LogP contribution in [0.4, 0.5) is 5.69 Å². The predicted molar refractivity (Wildman–Crippen MR) is 64.6 cm³/mol. The Morgan fingerprint density at radius 2 is 1.95 bits per heavy atom. The van der Waals surface area contributed by atoms with Crippen molar-refractivity contribution in [2.75, 3.05) is 0 Å². The van der Waals surface area contributed by atoms with E-state index in [0.717, 1.165) is 6.07 Å². The molecule has 0 atom stereocenters. The number of nitro benzene ring substituents is 1. The first-order valence-corrected chi connectivity index (χ1v) is 5.23. The third-order valence-electron chi connectivity index (χ3n) is 2.26. The van der Waals surface area contributed by atoms with Gasteiger partial charge >= 0.3 is 5.69 Å². The first kappa shape index (κ1) is 12.9. The molecular weight excluding hydrogens is 262 g/mol. The zero-order valence-electron chi connectivity index (χ0n) is 9.85. The molecule has 8 nitrogen and oxygen atoms in total. The molecule has 0 fully saturated rings. The molecule has 1 aromatic carbocycles. The lowest BCUT2D eigenvalue weighted by atomic mass is 10.2. The lowest BCUT2D eigenvalue weighted by Crippen LogP contribution is -1.98. The highest BCUT2D eigenvalue weighted by Gasteiger charge is 2.18. The molecule has 20 heavy (non-hydrogen) atoms. The second-order valence-corrected chi connectivity index (χ2v) is 3.48. The first-order chi connectivity index (χ1) is 9.65. The molecule has 0 bridgehead atoms. The summed E-state index contributed by atoms with van der Waals surface area (Å²) in [6, 6.07) is 7.28. The summed E-state index contributed by atoms with van der Waals surface area (Å²) in [6.45, 7) is 0. The highest BCUT2D eigenvalue weighted by atomic mass is 16.6. The van der Waals surface area contributed by atoms with Crippen molar-refractivity contribution in [2.24, 2.45) is 0 Å². The van der Waals surface area contributed by atoms with E-state index < -0.39 is 10.6 Å². The van der Waals surface area contributed by atoms with Gasteiger partial charge in [0, 0.05) is 18.5 Å². The third-order valence-corrected chi connectivity index (χ3v) is 2.26. The molecule has 2 aromatic rings. The molecule has 0 aliphatic rings. The van der Waals surface area contributed by atoms with Gasteiger partial charge in [0.05, 0.1) is 16.6 Å². The highest BCUT2D eigenvalue weighted by molar-refractivity contribution is 5.53. The Bertz CT molecular complexity index is 760. The SMILES string of the molecule is N#Cc1ccc(Oc2nccnc2C#N)c([N+](=O)[O-])c1.